The number of aldehydes is 1. The normalized spacial score (nSPS) is 19.0. The average Bonchev–Trinajstić information content (AvgIpc) is 2.17. The number of benzene rings is 1. The topological polar surface area (TPSA) is 29.1 Å². The molecule has 1 aromatic rings. The van der Waals surface area contributed by atoms with Crippen LogP contribution in [0.5, 0.6) is 0 Å². The highest BCUT2D eigenvalue weighted by molar-refractivity contribution is 6.30. The lowest BCUT2D eigenvalue weighted by Crippen LogP contribution is -2.20. The van der Waals surface area contributed by atoms with Gasteiger partial charge in [0.25, 0.3) is 0 Å². The quantitative estimate of drug-likeness (QED) is 0.694. The van der Waals surface area contributed by atoms with Crippen LogP contribution in [0.15, 0.2) is 24.3 Å². The number of nitrogens with one attached hydrogen (secondary N) is 1. The van der Waals surface area contributed by atoms with Crippen molar-refractivity contribution in [2.75, 3.05) is 5.32 Å². The van der Waals surface area contributed by atoms with Gasteiger partial charge in [0.15, 0.2) is 0 Å². The predicted molar refractivity (Wildman–Crippen MR) is 54.0 cm³/mol. The van der Waals surface area contributed by atoms with Gasteiger partial charge in [0, 0.05) is 10.7 Å². The molecule has 1 aliphatic heterocycles. The standard InChI is InChI=1S/C10H8ClNO/c11-8-2-4-10-7(5-8)1-3-9(6-13)12-10/h1-6,9,12H. The minimum Gasteiger partial charge on any atom is -0.372 e. The second-order valence-corrected chi connectivity index (χ2v) is 3.33. The zero-order chi connectivity index (χ0) is 9.26. The van der Waals surface area contributed by atoms with Crippen LogP contribution in [0.1, 0.15) is 5.56 Å². The molecule has 2 rings (SSSR count). The average molecular weight is 194 g/mol. The van der Waals surface area contributed by atoms with E-state index < -0.39 is 0 Å². The molecule has 1 unspecified atom stereocenters. The van der Waals surface area contributed by atoms with Crippen LogP contribution in [-0.4, -0.2) is 12.3 Å². The van der Waals surface area contributed by atoms with E-state index in [1.54, 1.807) is 6.07 Å². The predicted octanol–water partition coefficient (Wildman–Crippen LogP) is 2.35. The fraction of sp³-hybridized carbons (Fsp3) is 0.100. The molecular formula is C10H8ClNO. The molecule has 0 amide bonds. The van der Waals surface area contributed by atoms with Crippen molar-refractivity contribution in [2.45, 2.75) is 6.04 Å². The van der Waals surface area contributed by atoms with Gasteiger partial charge >= 0.3 is 0 Å². The van der Waals surface area contributed by atoms with Crippen LogP contribution in [0.25, 0.3) is 6.08 Å². The maximum Gasteiger partial charge on any atom is 0.146 e. The highest BCUT2D eigenvalue weighted by atomic mass is 35.5. The van der Waals surface area contributed by atoms with E-state index in [-0.39, 0.29) is 6.04 Å². The summed E-state index contributed by atoms with van der Waals surface area (Å²) in [5, 5.41) is 3.76. The molecule has 1 N–H and O–H groups in total. The third-order valence-corrected chi connectivity index (χ3v) is 2.20. The molecule has 0 saturated heterocycles. The number of carbonyl (C=O) groups excluding carboxylic acids is 1. The fourth-order valence-electron chi connectivity index (χ4n) is 1.32. The first-order valence-corrected chi connectivity index (χ1v) is 4.37. The Balaban J connectivity index is 2.40. The number of fused-ring (bicyclic) bond motifs is 1. The van der Waals surface area contributed by atoms with E-state index in [1.807, 2.05) is 24.3 Å². The van der Waals surface area contributed by atoms with Gasteiger partial charge in [-0.05, 0) is 23.8 Å². The lowest BCUT2D eigenvalue weighted by atomic mass is 10.1. The molecule has 0 radical (unpaired) electrons. The van der Waals surface area contributed by atoms with E-state index >= 15 is 0 Å². The third-order valence-electron chi connectivity index (χ3n) is 1.97. The molecule has 0 aromatic heterocycles. The molecule has 66 valence electrons. The van der Waals surface area contributed by atoms with E-state index in [2.05, 4.69) is 5.32 Å². The molecule has 0 bridgehead atoms. The molecule has 13 heavy (non-hydrogen) atoms. The van der Waals surface area contributed by atoms with Gasteiger partial charge < -0.3 is 10.1 Å². The van der Waals surface area contributed by atoms with E-state index in [1.165, 1.54) is 0 Å². The first-order valence-electron chi connectivity index (χ1n) is 3.99. The van der Waals surface area contributed by atoms with E-state index in [4.69, 9.17) is 11.6 Å². The summed E-state index contributed by atoms with van der Waals surface area (Å²) in [6.45, 7) is 0. The second-order valence-electron chi connectivity index (χ2n) is 2.90. The summed E-state index contributed by atoms with van der Waals surface area (Å²) in [6, 6.07) is 5.32. The Bertz CT molecular complexity index is 373. The molecule has 0 spiro atoms. The molecule has 1 atom stereocenters. The Morgan fingerprint density at radius 2 is 2.31 bits per heavy atom. The SMILES string of the molecule is O=CC1C=Cc2cc(Cl)ccc2N1. The zero-order valence-electron chi connectivity index (χ0n) is 6.83. The van der Waals surface area contributed by atoms with Crippen LogP contribution in [0.2, 0.25) is 5.02 Å². The van der Waals surface area contributed by atoms with Crippen molar-refractivity contribution in [1.82, 2.24) is 0 Å². The molecule has 2 nitrogen and oxygen atoms in total. The summed E-state index contributed by atoms with van der Waals surface area (Å²) in [4.78, 5) is 10.5. The van der Waals surface area contributed by atoms with Gasteiger partial charge in [-0.25, -0.2) is 0 Å². The number of hydrogen-bond donors (Lipinski definition) is 1. The summed E-state index contributed by atoms with van der Waals surface area (Å²) in [5.41, 5.74) is 1.97. The van der Waals surface area contributed by atoms with Crippen molar-refractivity contribution in [3.63, 3.8) is 0 Å². The number of anilines is 1. The Hall–Kier alpha value is -1.28. The molecule has 0 fully saturated rings. The molecular weight excluding hydrogens is 186 g/mol. The Morgan fingerprint density at radius 3 is 3.08 bits per heavy atom. The molecule has 1 aliphatic rings. The lowest BCUT2D eigenvalue weighted by Gasteiger charge is -2.17. The zero-order valence-corrected chi connectivity index (χ0v) is 7.58. The summed E-state index contributed by atoms with van der Waals surface area (Å²) in [7, 11) is 0. The van der Waals surface area contributed by atoms with Crippen molar-refractivity contribution < 1.29 is 4.79 Å². The van der Waals surface area contributed by atoms with Gasteiger partial charge in [0.2, 0.25) is 0 Å². The van der Waals surface area contributed by atoms with Crippen molar-refractivity contribution in [3.05, 3.63) is 34.9 Å². The smallest absolute Gasteiger partial charge is 0.146 e. The molecule has 0 aliphatic carbocycles. The molecule has 1 aromatic carbocycles. The van der Waals surface area contributed by atoms with E-state index in [9.17, 15) is 4.79 Å². The van der Waals surface area contributed by atoms with Crippen molar-refractivity contribution >= 4 is 29.7 Å². The van der Waals surface area contributed by atoms with Crippen LogP contribution in [-0.2, 0) is 4.79 Å². The minimum atomic E-state index is -0.214. The van der Waals surface area contributed by atoms with Gasteiger partial charge in [-0.3, -0.25) is 0 Å². The van der Waals surface area contributed by atoms with Crippen LogP contribution in [0, 0.1) is 0 Å². The van der Waals surface area contributed by atoms with Gasteiger partial charge in [-0.15, -0.1) is 0 Å². The number of carbonyl (C=O) groups is 1. The van der Waals surface area contributed by atoms with Crippen molar-refractivity contribution in [3.8, 4) is 0 Å². The van der Waals surface area contributed by atoms with Gasteiger partial charge in [-0.1, -0.05) is 23.8 Å². The molecule has 1 heterocycles. The Morgan fingerprint density at radius 1 is 1.46 bits per heavy atom. The number of halogens is 1. The van der Waals surface area contributed by atoms with Crippen molar-refractivity contribution in [1.29, 1.82) is 0 Å². The maximum atomic E-state index is 10.5. The first-order chi connectivity index (χ1) is 6.29. The summed E-state index contributed by atoms with van der Waals surface area (Å²) >= 11 is 5.82. The van der Waals surface area contributed by atoms with Crippen LogP contribution >= 0.6 is 11.6 Å². The van der Waals surface area contributed by atoms with Crippen molar-refractivity contribution in [2.24, 2.45) is 0 Å². The maximum absolute atomic E-state index is 10.5. The number of rotatable bonds is 1. The monoisotopic (exact) mass is 193 g/mol. The van der Waals surface area contributed by atoms with Crippen LogP contribution in [0.3, 0.4) is 0 Å². The largest absolute Gasteiger partial charge is 0.372 e. The van der Waals surface area contributed by atoms with Gasteiger partial charge in [-0.2, -0.15) is 0 Å². The minimum absolute atomic E-state index is 0.214. The summed E-state index contributed by atoms with van der Waals surface area (Å²) in [5.74, 6) is 0. The van der Waals surface area contributed by atoms with E-state index in [0.717, 1.165) is 17.5 Å². The van der Waals surface area contributed by atoms with Crippen LogP contribution in [0.4, 0.5) is 5.69 Å². The number of hydrogen-bond acceptors (Lipinski definition) is 2. The lowest BCUT2D eigenvalue weighted by molar-refractivity contribution is -0.107. The third kappa shape index (κ3) is 1.58. The Labute approximate surface area is 81.2 Å². The van der Waals surface area contributed by atoms with Gasteiger partial charge in [0.1, 0.15) is 12.3 Å². The second kappa shape index (κ2) is 3.23. The van der Waals surface area contributed by atoms with Crippen LogP contribution < -0.4 is 5.32 Å². The Kier molecular flexibility index (Phi) is 2.07. The summed E-state index contributed by atoms with van der Waals surface area (Å²) < 4.78 is 0. The summed E-state index contributed by atoms with van der Waals surface area (Å²) in [6.07, 6.45) is 4.58. The highest BCUT2D eigenvalue weighted by Gasteiger charge is 2.10. The molecule has 0 saturated carbocycles. The van der Waals surface area contributed by atoms with E-state index in [0.29, 0.717) is 5.02 Å². The first kappa shape index (κ1) is 8.32. The highest BCUT2D eigenvalue weighted by Crippen LogP contribution is 2.25. The molecule has 3 heteroatoms. The van der Waals surface area contributed by atoms with Gasteiger partial charge in [0.05, 0.1) is 0 Å². The fourth-order valence-corrected chi connectivity index (χ4v) is 1.50.